The molecule has 8 heteroatoms. The Balaban J connectivity index is 1.88. The number of carbonyl (C=O) groups is 2. The van der Waals surface area contributed by atoms with Crippen LogP contribution in [-0.2, 0) is 9.53 Å². The summed E-state index contributed by atoms with van der Waals surface area (Å²) < 4.78 is 43.4. The lowest BCUT2D eigenvalue weighted by atomic mass is 9.68. The summed E-state index contributed by atoms with van der Waals surface area (Å²) in [5, 5.41) is 2.63. The number of hydrogen-bond donors (Lipinski definition) is 1. The van der Waals surface area contributed by atoms with Crippen LogP contribution in [0.2, 0.25) is 0 Å². The number of hydrogen-bond acceptors (Lipinski definition) is 3. The van der Waals surface area contributed by atoms with Gasteiger partial charge in [0.15, 0.2) is 0 Å². The summed E-state index contributed by atoms with van der Waals surface area (Å²) in [6, 6.07) is -0.533. The van der Waals surface area contributed by atoms with Crippen molar-refractivity contribution >= 4 is 12.0 Å². The summed E-state index contributed by atoms with van der Waals surface area (Å²) in [5.41, 5.74) is -0.703. The maximum absolute atomic E-state index is 12.8. The number of piperidine rings is 1. The number of carbonyl (C=O) groups excluding carboxylic acids is 2. The topological polar surface area (TPSA) is 58.6 Å². The predicted octanol–water partition coefficient (Wildman–Crippen LogP) is 2.70. The van der Waals surface area contributed by atoms with Crippen molar-refractivity contribution in [3.05, 3.63) is 0 Å². The number of likely N-dealkylation sites (tertiary alicyclic amines) is 1. The van der Waals surface area contributed by atoms with Gasteiger partial charge in [-0.05, 0) is 32.6 Å². The first kappa shape index (κ1) is 17.9. The van der Waals surface area contributed by atoms with E-state index < -0.39 is 23.5 Å². The zero-order valence-electron chi connectivity index (χ0n) is 13.2. The molecule has 23 heavy (non-hydrogen) atoms. The molecule has 0 radical (unpaired) electrons. The molecule has 1 aliphatic carbocycles. The maximum atomic E-state index is 12.8. The van der Waals surface area contributed by atoms with Crippen LogP contribution in [-0.4, -0.2) is 49.3 Å². The SMILES string of the molecule is CCOC(=O)C1(CNC(=O)N2CCC[C@H](C(F)(F)F)C2)CCC1. The molecule has 2 amide bonds. The normalized spacial score (nSPS) is 23.8. The maximum Gasteiger partial charge on any atom is 0.393 e. The highest BCUT2D eigenvalue weighted by Crippen LogP contribution is 2.41. The van der Waals surface area contributed by atoms with Crippen LogP contribution >= 0.6 is 0 Å². The van der Waals surface area contributed by atoms with Crippen LogP contribution in [0.4, 0.5) is 18.0 Å². The number of amides is 2. The fourth-order valence-electron chi connectivity index (χ4n) is 3.13. The first-order valence-corrected chi connectivity index (χ1v) is 8.05. The molecule has 2 rings (SSSR count). The molecule has 0 unspecified atom stereocenters. The molecule has 1 saturated carbocycles. The average molecular weight is 336 g/mol. The summed E-state index contributed by atoms with van der Waals surface area (Å²) in [5.74, 6) is -1.80. The minimum atomic E-state index is -4.28. The second-order valence-electron chi connectivity index (χ2n) is 6.34. The Morgan fingerprint density at radius 1 is 1.30 bits per heavy atom. The molecule has 0 spiro atoms. The van der Waals surface area contributed by atoms with Crippen molar-refractivity contribution < 1.29 is 27.5 Å². The van der Waals surface area contributed by atoms with Crippen LogP contribution < -0.4 is 5.32 Å². The largest absolute Gasteiger partial charge is 0.466 e. The second-order valence-corrected chi connectivity index (χ2v) is 6.34. The molecule has 2 aliphatic rings. The number of urea groups is 1. The van der Waals surface area contributed by atoms with E-state index in [1.165, 1.54) is 4.90 Å². The molecule has 1 aliphatic heterocycles. The molecule has 0 aromatic carbocycles. The van der Waals surface area contributed by atoms with Crippen molar-refractivity contribution in [3.63, 3.8) is 0 Å². The molecule has 1 N–H and O–H groups in total. The van der Waals surface area contributed by atoms with Gasteiger partial charge >= 0.3 is 18.2 Å². The lowest BCUT2D eigenvalue weighted by Crippen LogP contribution is -2.53. The highest BCUT2D eigenvalue weighted by atomic mass is 19.4. The van der Waals surface area contributed by atoms with Crippen LogP contribution in [0, 0.1) is 11.3 Å². The van der Waals surface area contributed by atoms with Gasteiger partial charge in [-0.1, -0.05) is 6.42 Å². The number of nitrogens with zero attached hydrogens (tertiary/aromatic N) is 1. The molecule has 1 saturated heterocycles. The average Bonchev–Trinajstić information content (AvgIpc) is 2.45. The zero-order valence-corrected chi connectivity index (χ0v) is 13.2. The van der Waals surface area contributed by atoms with Crippen molar-refractivity contribution in [1.29, 1.82) is 0 Å². The Labute approximate surface area is 133 Å². The van der Waals surface area contributed by atoms with Gasteiger partial charge in [-0.15, -0.1) is 0 Å². The van der Waals surface area contributed by atoms with Gasteiger partial charge in [-0.25, -0.2) is 4.79 Å². The highest BCUT2D eigenvalue weighted by molar-refractivity contribution is 5.80. The fraction of sp³-hybridized carbons (Fsp3) is 0.867. The van der Waals surface area contributed by atoms with E-state index in [-0.39, 0.29) is 32.1 Å². The lowest BCUT2D eigenvalue weighted by Gasteiger charge is -2.40. The number of ether oxygens (including phenoxy) is 1. The summed E-state index contributed by atoms with van der Waals surface area (Å²) >= 11 is 0. The summed E-state index contributed by atoms with van der Waals surface area (Å²) in [6.45, 7) is 2.10. The van der Waals surface area contributed by atoms with Crippen molar-refractivity contribution in [3.8, 4) is 0 Å². The minimum Gasteiger partial charge on any atom is -0.466 e. The highest BCUT2D eigenvalue weighted by Gasteiger charge is 2.46. The number of esters is 1. The molecule has 1 heterocycles. The van der Waals surface area contributed by atoms with Crippen molar-refractivity contribution in [2.45, 2.75) is 45.2 Å². The third-order valence-electron chi connectivity index (χ3n) is 4.77. The zero-order chi connectivity index (χ0) is 17.1. The monoisotopic (exact) mass is 336 g/mol. The Morgan fingerprint density at radius 3 is 2.52 bits per heavy atom. The fourth-order valence-corrected chi connectivity index (χ4v) is 3.13. The quantitative estimate of drug-likeness (QED) is 0.803. The van der Waals surface area contributed by atoms with Gasteiger partial charge in [0.2, 0.25) is 0 Å². The van der Waals surface area contributed by atoms with Gasteiger partial charge in [0.25, 0.3) is 0 Å². The smallest absolute Gasteiger partial charge is 0.393 e. The second kappa shape index (κ2) is 6.97. The van der Waals surface area contributed by atoms with Gasteiger partial charge in [-0.2, -0.15) is 13.2 Å². The Kier molecular flexibility index (Phi) is 5.41. The van der Waals surface area contributed by atoms with Gasteiger partial charge in [0, 0.05) is 19.6 Å². The number of alkyl halides is 3. The molecule has 0 aromatic rings. The lowest BCUT2D eigenvalue weighted by molar-refractivity contribution is -0.184. The van der Waals surface area contributed by atoms with Crippen LogP contribution in [0.15, 0.2) is 0 Å². The summed E-state index contributed by atoms with van der Waals surface area (Å²) in [7, 11) is 0. The first-order chi connectivity index (χ1) is 10.8. The van der Waals surface area contributed by atoms with E-state index in [0.717, 1.165) is 6.42 Å². The van der Waals surface area contributed by atoms with E-state index in [0.29, 0.717) is 25.8 Å². The Morgan fingerprint density at radius 2 is 2.00 bits per heavy atom. The molecule has 0 aromatic heterocycles. The molecule has 5 nitrogen and oxygen atoms in total. The first-order valence-electron chi connectivity index (χ1n) is 8.05. The molecule has 132 valence electrons. The van der Waals surface area contributed by atoms with Crippen LogP contribution in [0.1, 0.15) is 39.0 Å². The van der Waals surface area contributed by atoms with Crippen LogP contribution in [0.25, 0.3) is 0 Å². The van der Waals surface area contributed by atoms with E-state index in [4.69, 9.17) is 4.74 Å². The van der Waals surface area contributed by atoms with E-state index in [9.17, 15) is 22.8 Å². The van der Waals surface area contributed by atoms with Gasteiger partial charge in [-0.3, -0.25) is 4.79 Å². The predicted molar refractivity (Wildman–Crippen MR) is 76.7 cm³/mol. The molecule has 2 fully saturated rings. The Hall–Kier alpha value is -1.47. The van der Waals surface area contributed by atoms with Gasteiger partial charge in [0.05, 0.1) is 17.9 Å². The number of rotatable bonds is 4. The third-order valence-corrected chi connectivity index (χ3v) is 4.77. The van der Waals surface area contributed by atoms with E-state index in [2.05, 4.69) is 5.32 Å². The molecular formula is C15H23F3N2O3. The van der Waals surface area contributed by atoms with Crippen molar-refractivity contribution in [2.24, 2.45) is 11.3 Å². The van der Waals surface area contributed by atoms with Crippen LogP contribution in [0.5, 0.6) is 0 Å². The summed E-state index contributed by atoms with van der Waals surface area (Å²) in [6.07, 6.45) is -1.73. The molecular weight excluding hydrogens is 313 g/mol. The molecule has 1 atom stereocenters. The van der Waals surface area contributed by atoms with Gasteiger partial charge < -0.3 is 15.0 Å². The van der Waals surface area contributed by atoms with Crippen molar-refractivity contribution in [1.82, 2.24) is 10.2 Å². The number of halogens is 3. The van der Waals surface area contributed by atoms with Crippen molar-refractivity contribution in [2.75, 3.05) is 26.2 Å². The van der Waals surface area contributed by atoms with E-state index in [1.54, 1.807) is 6.92 Å². The summed E-state index contributed by atoms with van der Waals surface area (Å²) in [4.78, 5) is 25.3. The number of nitrogens with one attached hydrogen (secondary N) is 1. The molecule has 0 bridgehead atoms. The Bertz CT molecular complexity index is 450. The van der Waals surface area contributed by atoms with Gasteiger partial charge in [0.1, 0.15) is 0 Å². The van der Waals surface area contributed by atoms with E-state index >= 15 is 0 Å². The standard InChI is InChI=1S/C15H23F3N2O3/c1-2-23-12(21)14(6-4-7-14)10-19-13(22)20-8-3-5-11(9-20)15(16,17)18/h11H,2-10H2,1H3,(H,19,22)/t11-/m0/s1. The van der Waals surface area contributed by atoms with E-state index in [1.807, 2.05) is 0 Å². The third kappa shape index (κ3) is 4.09. The minimum absolute atomic E-state index is 0.0556. The van der Waals surface area contributed by atoms with Crippen LogP contribution in [0.3, 0.4) is 0 Å².